The van der Waals surface area contributed by atoms with E-state index in [1.165, 1.54) is 25.7 Å². The molecule has 2 unspecified atom stereocenters. The first-order valence-electron chi connectivity index (χ1n) is 9.37. The Labute approximate surface area is 144 Å². The lowest BCUT2D eigenvalue weighted by Gasteiger charge is -2.25. The smallest absolute Gasteiger partial charge is 0.407 e. The van der Waals surface area contributed by atoms with E-state index in [4.69, 9.17) is 4.74 Å². The van der Waals surface area contributed by atoms with Gasteiger partial charge in [0, 0.05) is 6.54 Å². The van der Waals surface area contributed by atoms with Crippen LogP contribution in [-0.4, -0.2) is 31.3 Å². The zero-order valence-electron chi connectivity index (χ0n) is 16.5. The van der Waals surface area contributed by atoms with Gasteiger partial charge in [0.05, 0.1) is 0 Å². The van der Waals surface area contributed by atoms with E-state index < -0.39 is 5.60 Å². The lowest BCUT2D eigenvalue weighted by Crippen LogP contribution is -2.40. The molecule has 0 aliphatic heterocycles. The van der Waals surface area contributed by atoms with E-state index >= 15 is 0 Å². The molecule has 0 bridgehead atoms. The summed E-state index contributed by atoms with van der Waals surface area (Å²) in [4.78, 5) is 11.8. The molecule has 2 N–H and O–H groups in total. The maximum Gasteiger partial charge on any atom is 0.407 e. The first-order valence-corrected chi connectivity index (χ1v) is 9.37. The molecule has 0 spiro atoms. The Balaban J connectivity index is 4.14. The summed E-state index contributed by atoms with van der Waals surface area (Å²) in [6.07, 6.45) is 4.80. The molecular formula is C19H40N2O2. The third kappa shape index (κ3) is 12.3. The van der Waals surface area contributed by atoms with Gasteiger partial charge >= 0.3 is 6.09 Å². The predicted molar refractivity (Wildman–Crippen MR) is 98.7 cm³/mol. The average molecular weight is 329 g/mol. The lowest BCUT2D eigenvalue weighted by atomic mass is 9.94. The number of hydrogen-bond donors (Lipinski definition) is 2. The zero-order valence-corrected chi connectivity index (χ0v) is 16.5. The van der Waals surface area contributed by atoms with Crippen LogP contribution in [0.15, 0.2) is 0 Å². The summed E-state index contributed by atoms with van der Waals surface area (Å²) in [6, 6.07) is 0. The minimum atomic E-state index is -0.441. The first-order chi connectivity index (χ1) is 10.7. The van der Waals surface area contributed by atoms with Crippen LogP contribution in [0.4, 0.5) is 4.79 Å². The summed E-state index contributed by atoms with van der Waals surface area (Å²) < 4.78 is 5.30. The Hall–Kier alpha value is -0.770. The molecule has 0 aliphatic rings. The summed E-state index contributed by atoms with van der Waals surface area (Å²) in [6.45, 7) is 17.3. The highest BCUT2D eigenvalue weighted by atomic mass is 16.6. The van der Waals surface area contributed by atoms with Crippen LogP contribution in [0.3, 0.4) is 0 Å². The number of nitrogens with one attached hydrogen (secondary N) is 2. The van der Waals surface area contributed by atoms with Crippen LogP contribution < -0.4 is 10.6 Å². The highest BCUT2D eigenvalue weighted by molar-refractivity contribution is 5.67. The molecule has 0 fully saturated rings. The second kappa shape index (κ2) is 11.7. The molecule has 0 saturated carbocycles. The monoisotopic (exact) mass is 328 g/mol. The van der Waals surface area contributed by atoms with Crippen LogP contribution in [0, 0.1) is 17.8 Å². The Morgan fingerprint density at radius 3 is 2.22 bits per heavy atom. The largest absolute Gasteiger partial charge is 0.444 e. The van der Waals surface area contributed by atoms with Gasteiger partial charge in [-0.2, -0.15) is 0 Å². The molecule has 23 heavy (non-hydrogen) atoms. The van der Waals surface area contributed by atoms with Crippen molar-refractivity contribution in [2.75, 3.05) is 19.6 Å². The standard InChI is InChI=1S/C19H40N2O2/c1-8-10-11-16(9-2)12-20-13-17(15(3)4)14-21-18(22)23-19(5,6)7/h15-17,20H,8-14H2,1-7H3,(H,21,22). The Morgan fingerprint density at radius 1 is 1.09 bits per heavy atom. The fourth-order valence-electron chi connectivity index (χ4n) is 2.49. The summed E-state index contributed by atoms with van der Waals surface area (Å²) in [7, 11) is 0. The predicted octanol–water partition coefficient (Wildman–Crippen LogP) is 4.59. The van der Waals surface area contributed by atoms with Gasteiger partial charge in [0.1, 0.15) is 5.60 Å². The molecular weight excluding hydrogens is 288 g/mol. The Kier molecular flexibility index (Phi) is 11.3. The number of unbranched alkanes of at least 4 members (excludes halogenated alkanes) is 1. The van der Waals surface area contributed by atoms with Gasteiger partial charge in [0.2, 0.25) is 0 Å². The third-order valence-corrected chi connectivity index (χ3v) is 4.23. The second-order valence-corrected chi connectivity index (χ2v) is 7.96. The van der Waals surface area contributed by atoms with Gasteiger partial charge in [-0.05, 0) is 58.0 Å². The van der Waals surface area contributed by atoms with Gasteiger partial charge < -0.3 is 15.4 Å². The van der Waals surface area contributed by atoms with Gasteiger partial charge in [-0.1, -0.05) is 47.0 Å². The molecule has 4 nitrogen and oxygen atoms in total. The van der Waals surface area contributed by atoms with Crippen molar-refractivity contribution in [3.8, 4) is 0 Å². The molecule has 0 radical (unpaired) electrons. The van der Waals surface area contributed by atoms with Crippen LogP contribution in [0.1, 0.15) is 74.1 Å². The molecule has 0 rings (SSSR count). The number of alkyl carbamates (subject to hydrolysis) is 1. The topological polar surface area (TPSA) is 50.4 Å². The number of rotatable bonds is 11. The van der Waals surface area contributed by atoms with Crippen LogP contribution >= 0.6 is 0 Å². The molecule has 138 valence electrons. The number of amides is 1. The van der Waals surface area contributed by atoms with E-state index in [-0.39, 0.29) is 6.09 Å². The van der Waals surface area contributed by atoms with Crippen molar-refractivity contribution in [1.82, 2.24) is 10.6 Å². The Bertz CT molecular complexity index is 311. The molecule has 4 heteroatoms. The van der Waals surface area contributed by atoms with E-state index in [0.29, 0.717) is 18.4 Å². The van der Waals surface area contributed by atoms with Crippen molar-refractivity contribution in [3.05, 3.63) is 0 Å². The quantitative estimate of drug-likeness (QED) is 0.583. The van der Waals surface area contributed by atoms with Gasteiger partial charge in [-0.15, -0.1) is 0 Å². The fourth-order valence-corrected chi connectivity index (χ4v) is 2.49. The number of hydrogen-bond acceptors (Lipinski definition) is 3. The molecule has 2 atom stereocenters. The maximum atomic E-state index is 11.8. The second-order valence-electron chi connectivity index (χ2n) is 7.96. The minimum Gasteiger partial charge on any atom is -0.444 e. The van der Waals surface area contributed by atoms with Crippen molar-refractivity contribution in [3.63, 3.8) is 0 Å². The van der Waals surface area contributed by atoms with Crippen molar-refractivity contribution in [2.24, 2.45) is 17.8 Å². The molecule has 0 aromatic carbocycles. The Morgan fingerprint density at radius 2 is 1.74 bits per heavy atom. The van der Waals surface area contributed by atoms with Crippen molar-refractivity contribution in [2.45, 2.75) is 79.8 Å². The van der Waals surface area contributed by atoms with Crippen LogP contribution in [0.25, 0.3) is 0 Å². The highest BCUT2D eigenvalue weighted by Gasteiger charge is 2.19. The lowest BCUT2D eigenvalue weighted by molar-refractivity contribution is 0.0514. The molecule has 0 aromatic rings. The SMILES string of the molecule is CCCCC(CC)CNCC(CNC(=O)OC(C)(C)C)C(C)C. The van der Waals surface area contributed by atoms with Crippen molar-refractivity contribution >= 4 is 6.09 Å². The van der Waals surface area contributed by atoms with Crippen LogP contribution in [0.2, 0.25) is 0 Å². The normalized spacial score (nSPS) is 14.6. The molecule has 0 saturated heterocycles. The number of carbonyl (C=O) groups excluding carboxylic acids is 1. The third-order valence-electron chi connectivity index (χ3n) is 4.23. The zero-order chi connectivity index (χ0) is 17.9. The maximum absolute atomic E-state index is 11.8. The van der Waals surface area contributed by atoms with Crippen molar-refractivity contribution < 1.29 is 9.53 Å². The van der Waals surface area contributed by atoms with Gasteiger partial charge in [0.15, 0.2) is 0 Å². The van der Waals surface area contributed by atoms with E-state index in [9.17, 15) is 4.79 Å². The van der Waals surface area contributed by atoms with Gasteiger partial charge in [-0.25, -0.2) is 4.79 Å². The molecule has 0 heterocycles. The molecule has 0 aliphatic carbocycles. The van der Waals surface area contributed by atoms with Gasteiger partial charge in [0.25, 0.3) is 0 Å². The van der Waals surface area contributed by atoms with E-state index in [0.717, 1.165) is 19.0 Å². The number of carbonyl (C=O) groups is 1. The van der Waals surface area contributed by atoms with E-state index in [2.05, 4.69) is 38.3 Å². The summed E-state index contributed by atoms with van der Waals surface area (Å²) in [5.41, 5.74) is -0.441. The molecule has 0 aromatic heterocycles. The number of ether oxygens (including phenoxy) is 1. The molecule has 1 amide bonds. The van der Waals surface area contributed by atoms with Gasteiger partial charge in [-0.3, -0.25) is 0 Å². The average Bonchev–Trinajstić information content (AvgIpc) is 2.43. The summed E-state index contributed by atoms with van der Waals surface area (Å²) >= 11 is 0. The minimum absolute atomic E-state index is 0.322. The van der Waals surface area contributed by atoms with Crippen LogP contribution in [-0.2, 0) is 4.74 Å². The summed E-state index contributed by atoms with van der Waals surface area (Å²) in [5, 5.41) is 6.51. The van der Waals surface area contributed by atoms with Crippen molar-refractivity contribution in [1.29, 1.82) is 0 Å². The van der Waals surface area contributed by atoms with Crippen LogP contribution in [0.5, 0.6) is 0 Å². The highest BCUT2D eigenvalue weighted by Crippen LogP contribution is 2.13. The first kappa shape index (κ1) is 22.2. The van der Waals surface area contributed by atoms with E-state index in [1.54, 1.807) is 0 Å². The fraction of sp³-hybridized carbons (Fsp3) is 0.947. The van der Waals surface area contributed by atoms with E-state index in [1.807, 2.05) is 20.8 Å². The summed E-state index contributed by atoms with van der Waals surface area (Å²) in [5.74, 6) is 1.71.